The summed E-state index contributed by atoms with van der Waals surface area (Å²) in [5.41, 5.74) is 0. The number of tetrazole rings is 1. The summed E-state index contributed by atoms with van der Waals surface area (Å²) >= 11 is 0. The van der Waals surface area contributed by atoms with Crippen molar-refractivity contribution in [3.63, 3.8) is 0 Å². The molecule has 0 spiro atoms. The van der Waals surface area contributed by atoms with Gasteiger partial charge in [-0.05, 0) is 49.0 Å². The summed E-state index contributed by atoms with van der Waals surface area (Å²) < 4.78 is 25.9. The minimum Gasteiger partial charge on any atom is -0.353 e. The smallest absolute Gasteiger partial charge is 0.235 e. The van der Waals surface area contributed by atoms with Gasteiger partial charge in [-0.25, -0.2) is 13.1 Å². The molecule has 0 aliphatic heterocycles. The highest BCUT2D eigenvalue weighted by Gasteiger charge is 2.30. The van der Waals surface area contributed by atoms with Crippen LogP contribution < -0.4 is 5.32 Å². The second kappa shape index (κ2) is 7.37. The number of nitrogens with zero attached hydrogens (tertiary/aromatic N) is 4. The normalized spacial score (nSPS) is 16.5. The Morgan fingerprint density at radius 2 is 2.00 bits per heavy atom. The quantitative estimate of drug-likeness (QED) is 0.713. The fourth-order valence-electron chi connectivity index (χ4n) is 2.33. The van der Waals surface area contributed by atoms with Crippen molar-refractivity contribution in [2.45, 2.75) is 64.3 Å². The average Bonchev–Trinajstić information content (AvgIpc) is 3.16. The lowest BCUT2D eigenvalue weighted by molar-refractivity contribution is -0.119. The van der Waals surface area contributed by atoms with Gasteiger partial charge in [0.05, 0.1) is 6.04 Å². The largest absolute Gasteiger partial charge is 0.353 e. The van der Waals surface area contributed by atoms with Gasteiger partial charge < -0.3 is 5.32 Å². The Kier molecular flexibility index (Phi) is 5.72. The zero-order chi connectivity index (χ0) is 17.0. The zero-order valence-electron chi connectivity index (χ0n) is 13.9. The predicted octanol–water partition coefficient (Wildman–Crippen LogP) is 0.864. The maximum absolute atomic E-state index is 12.2. The number of hydrogen-bond donors (Lipinski definition) is 1. The van der Waals surface area contributed by atoms with E-state index in [9.17, 15) is 13.2 Å². The lowest BCUT2D eigenvalue weighted by atomic mass is 10.0. The molecule has 1 atom stereocenters. The Hall–Kier alpha value is -1.51. The van der Waals surface area contributed by atoms with E-state index >= 15 is 0 Å². The van der Waals surface area contributed by atoms with E-state index in [-0.39, 0.29) is 17.8 Å². The molecule has 0 aromatic carbocycles. The standard InChI is InChI=1S/C14H25N5O3S/c1-10(2)4-5-11(3)15-14(20)9-23(21,22)8-13-16-17-18-19(13)12-6-7-12/h10-12H,4-9H2,1-3H3,(H,15,20). The van der Waals surface area contributed by atoms with Crippen molar-refractivity contribution >= 4 is 15.7 Å². The third-order valence-electron chi connectivity index (χ3n) is 3.74. The Morgan fingerprint density at radius 1 is 1.30 bits per heavy atom. The molecule has 130 valence electrons. The van der Waals surface area contributed by atoms with Gasteiger partial charge in [0.1, 0.15) is 11.5 Å². The molecule has 8 nitrogen and oxygen atoms in total. The number of nitrogens with one attached hydrogen (secondary N) is 1. The summed E-state index contributed by atoms with van der Waals surface area (Å²) in [7, 11) is -3.58. The van der Waals surface area contributed by atoms with Gasteiger partial charge in [0.2, 0.25) is 5.91 Å². The van der Waals surface area contributed by atoms with E-state index in [2.05, 4.69) is 34.7 Å². The summed E-state index contributed by atoms with van der Waals surface area (Å²) in [6.07, 6.45) is 3.76. The van der Waals surface area contributed by atoms with Crippen molar-refractivity contribution in [1.29, 1.82) is 0 Å². The van der Waals surface area contributed by atoms with Crippen molar-refractivity contribution in [1.82, 2.24) is 25.5 Å². The number of hydrogen-bond acceptors (Lipinski definition) is 6. The maximum atomic E-state index is 12.2. The summed E-state index contributed by atoms with van der Waals surface area (Å²) in [4.78, 5) is 11.9. The maximum Gasteiger partial charge on any atom is 0.235 e. The molecule has 1 aromatic rings. The number of sulfone groups is 1. The molecule has 1 amide bonds. The summed E-state index contributed by atoms with van der Waals surface area (Å²) in [6.45, 7) is 6.12. The van der Waals surface area contributed by atoms with Gasteiger partial charge in [-0.15, -0.1) is 5.10 Å². The average molecular weight is 343 g/mol. The highest BCUT2D eigenvalue weighted by Crippen LogP contribution is 2.34. The minimum atomic E-state index is -3.58. The molecule has 1 fully saturated rings. The van der Waals surface area contributed by atoms with Crippen LogP contribution in [-0.2, 0) is 20.4 Å². The molecular weight excluding hydrogens is 318 g/mol. The summed E-state index contributed by atoms with van der Waals surface area (Å²) in [5.74, 6) is -0.430. The van der Waals surface area contributed by atoms with Crippen molar-refractivity contribution in [2.24, 2.45) is 5.92 Å². The van der Waals surface area contributed by atoms with Crippen molar-refractivity contribution in [3.05, 3.63) is 5.82 Å². The first kappa shape index (κ1) is 17.8. The molecular formula is C14H25N5O3S. The first-order valence-electron chi connectivity index (χ1n) is 8.03. The monoisotopic (exact) mass is 343 g/mol. The highest BCUT2D eigenvalue weighted by molar-refractivity contribution is 7.91. The van der Waals surface area contributed by atoms with Crippen LogP contribution in [0.5, 0.6) is 0 Å². The van der Waals surface area contributed by atoms with Gasteiger partial charge in [0, 0.05) is 6.04 Å². The third kappa shape index (κ3) is 5.89. The van der Waals surface area contributed by atoms with E-state index < -0.39 is 21.5 Å². The Labute approximate surface area is 136 Å². The Balaban J connectivity index is 1.85. The second-order valence-electron chi connectivity index (χ2n) is 6.74. The molecule has 1 aromatic heterocycles. The highest BCUT2D eigenvalue weighted by atomic mass is 32.2. The molecule has 23 heavy (non-hydrogen) atoms. The summed E-state index contributed by atoms with van der Waals surface area (Å²) in [6, 6.07) is 0.178. The van der Waals surface area contributed by atoms with Gasteiger partial charge in [-0.3, -0.25) is 4.79 Å². The molecule has 0 bridgehead atoms. The molecule has 0 radical (unpaired) electrons. The van der Waals surface area contributed by atoms with Crippen LogP contribution in [-0.4, -0.2) is 46.3 Å². The Bertz CT molecular complexity index is 637. The van der Waals surface area contributed by atoms with Crippen LogP contribution in [0.1, 0.15) is 58.3 Å². The minimum absolute atomic E-state index is 0.0307. The number of amides is 1. The van der Waals surface area contributed by atoms with E-state index in [1.54, 1.807) is 4.68 Å². The SMILES string of the molecule is CC(C)CCC(C)NC(=O)CS(=O)(=O)Cc1nnnn1C1CC1. The predicted molar refractivity (Wildman–Crippen MR) is 85.3 cm³/mol. The molecule has 1 aliphatic carbocycles. The zero-order valence-corrected chi connectivity index (χ0v) is 14.7. The molecule has 1 aliphatic rings. The van der Waals surface area contributed by atoms with E-state index in [1.165, 1.54) is 0 Å². The van der Waals surface area contributed by atoms with Crippen molar-refractivity contribution in [3.8, 4) is 0 Å². The van der Waals surface area contributed by atoms with Crippen molar-refractivity contribution < 1.29 is 13.2 Å². The number of carbonyl (C=O) groups is 1. The van der Waals surface area contributed by atoms with Crippen LogP contribution >= 0.6 is 0 Å². The van der Waals surface area contributed by atoms with E-state index in [0.717, 1.165) is 25.7 Å². The Morgan fingerprint density at radius 3 is 2.61 bits per heavy atom. The van der Waals surface area contributed by atoms with Crippen LogP contribution in [0.3, 0.4) is 0 Å². The molecule has 0 saturated heterocycles. The van der Waals surface area contributed by atoms with E-state index in [1.807, 2.05) is 6.92 Å². The number of carbonyl (C=O) groups excluding carboxylic acids is 1. The van der Waals surface area contributed by atoms with Gasteiger partial charge in [0.15, 0.2) is 15.7 Å². The third-order valence-corrected chi connectivity index (χ3v) is 5.14. The molecule has 1 N–H and O–H groups in total. The fraction of sp³-hybridized carbons (Fsp3) is 0.857. The van der Waals surface area contributed by atoms with E-state index in [4.69, 9.17) is 0 Å². The molecule has 2 rings (SSSR count). The molecule has 1 heterocycles. The van der Waals surface area contributed by atoms with Crippen LogP contribution in [0.2, 0.25) is 0 Å². The fourth-order valence-corrected chi connectivity index (χ4v) is 3.50. The van der Waals surface area contributed by atoms with Crippen LogP contribution in [0.4, 0.5) is 0 Å². The van der Waals surface area contributed by atoms with Crippen LogP contribution in [0, 0.1) is 5.92 Å². The van der Waals surface area contributed by atoms with Gasteiger partial charge in [0.25, 0.3) is 0 Å². The number of rotatable bonds is 9. The first-order chi connectivity index (χ1) is 10.8. The van der Waals surface area contributed by atoms with Crippen LogP contribution in [0.25, 0.3) is 0 Å². The first-order valence-corrected chi connectivity index (χ1v) is 9.85. The molecule has 1 unspecified atom stereocenters. The molecule has 9 heteroatoms. The summed E-state index contributed by atoms with van der Waals surface area (Å²) in [5, 5.41) is 13.9. The van der Waals surface area contributed by atoms with E-state index in [0.29, 0.717) is 11.7 Å². The lowest BCUT2D eigenvalue weighted by Crippen LogP contribution is -2.37. The lowest BCUT2D eigenvalue weighted by Gasteiger charge is -2.15. The molecule has 1 saturated carbocycles. The van der Waals surface area contributed by atoms with Gasteiger partial charge in [-0.1, -0.05) is 13.8 Å². The second-order valence-corrected chi connectivity index (χ2v) is 8.81. The number of aromatic nitrogens is 4. The topological polar surface area (TPSA) is 107 Å². The van der Waals surface area contributed by atoms with Crippen LogP contribution in [0.15, 0.2) is 0 Å². The van der Waals surface area contributed by atoms with Gasteiger partial charge in [-0.2, -0.15) is 0 Å². The van der Waals surface area contributed by atoms with Gasteiger partial charge >= 0.3 is 0 Å². The van der Waals surface area contributed by atoms with Crippen molar-refractivity contribution in [2.75, 3.05) is 5.75 Å².